The standard InChI is InChI=1S/C14H13BrFNOS/c15-13-7-6-12(19-13)9-17-14(18)8-3-10-1-4-11(16)5-2-10/h1-2,4-7H,3,8-9H2,(H,17,18). The molecule has 0 fully saturated rings. The van der Waals surface area contributed by atoms with Gasteiger partial charge in [0.15, 0.2) is 0 Å². The third kappa shape index (κ3) is 4.76. The van der Waals surface area contributed by atoms with Gasteiger partial charge in [-0.2, -0.15) is 0 Å². The molecule has 0 aliphatic heterocycles. The van der Waals surface area contributed by atoms with E-state index < -0.39 is 0 Å². The molecule has 0 unspecified atom stereocenters. The Morgan fingerprint density at radius 3 is 2.58 bits per heavy atom. The number of nitrogens with one attached hydrogen (secondary N) is 1. The van der Waals surface area contributed by atoms with Crippen LogP contribution in [0.25, 0.3) is 0 Å². The molecule has 19 heavy (non-hydrogen) atoms. The Morgan fingerprint density at radius 1 is 1.21 bits per heavy atom. The van der Waals surface area contributed by atoms with Crippen molar-refractivity contribution in [3.63, 3.8) is 0 Å². The van der Waals surface area contributed by atoms with E-state index in [0.717, 1.165) is 14.2 Å². The van der Waals surface area contributed by atoms with Crippen molar-refractivity contribution in [2.24, 2.45) is 0 Å². The van der Waals surface area contributed by atoms with Gasteiger partial charge in [-0.3, -0.25) is 4.79 Å². The van der Waals surface area contributed by atoms with Gasteiger partial charge in [0.25, 0.3) is 0 Å². The molecule has 0 spiro atoms. The van der Waals surface area contributed by atoms with Crippen LogP contribution in [0.2, 0.25) is 0 Å². The summed E-state index contributed by atoms with van der Waals surface area (Å²) >= 11 is 4.99. The SMILES string of the molecule is O=C(CCc1ccc(F)cc1)NCc1ccc(Br)s1. The molecule has 1 N–H and O–H groups in total. The third-order valence-electron chi connectivity index (χ3n) is 2.64. The van der Waals surface area contributed by atoms with Crippen LogP contribution in [-0.4, -0.2) is 5.91 Å². The summed E-state index contributed by atoms with van der Waals surface area (Å²) in [6, 6.07) is 10.2. The molecule has 5 heteroatoms. The number of rotatable bonds is 5. The monoisotopic (exact) mass is 341 g/mol. The molecule has 2 aromatic rings. The molecule has 0 radical (unpaired) electrons. The second kappa shape index (κ2) is 6.82. The predicted octanol–water partition coefficient (Wildman–Crippen LogP) is 3.90. The number of halogens is 2. The lowest BCUT2D eigenvalue weighted by Gasteiger charge is -2.04. The minimum atomic E-state index is -0.253. The van der Waals surface area contributed by atoms with E-state index in [9.17, 15) is 9.18 Å². The maximum absolute atomic E-state index is 12.7. The number of hydrogen-bond acceptors (Lipinski definition) is 2. The number of hydrogen-bond donors (Lipinski definition) is 1. The van der Waals surface area contributed by atoms with Crippen LogP contribution in [0.5, 0.6) is 0 Å². The average molecular weight is 342 g/mol. The van der Waals surface area contributed by atoms with Crippen LogP contribution in [0.4, 0.5) is 4.39 Å². The number of thiophene rings is 1. The zero-order valence-corrected chi connectivity index (χ0v) is 12.6. The first-order valence-corrected chi connectivity index (χ1v) is 7.50. The van der Waals surface area contributed by atoms with Crippen LogP contribution >= 0.6 is 27.3 Å². The maximum Gasteiger partial charge on any atom is 0.220 e. The first-order valence-electron chi connectivity index (χ1n) is 5.89. The van der Waals surface area contributed by atoms with Gasteiger partial charge >= 0.3 is 0 Å². The van der Waals surface area contributed by atoms with Crippen molar-refractivity contribution in [2.75, 3.05) is 0 Å². The molecule has 2 nitrogen and oxygen atoms in total. The molecule has 0 atom stereocenters. The topological polar surface area (TPSA) is 29.1 Å². The largest absolute Gasteiger partial charge is 0.351 e. The zero-order valence-electron chi connectivity index (χ0n) is 10.2. The number of aryl methyl sites for hydroxylation is 1. The van der Waals surface area contributed by atoms with Gasteiger partial charge in [-0.05, 0) is 52.2 Å². The molecule has 1 amide bonds. The van der Waals surface area contributed by atoms with E-state index in [-0.39, 0.29) is 11.7 Å². The van der Waals surface area contributed by atoms with Gasteiger partial charge in [0.2, 0.25) is 5.91 Å². The first kappa shape index (κ1) is 14.2. The highest BCUT2D eigenvalue weighted by Gasteiger charge is 2.04. The van der Waals surface area contributed by atoms with E-state index in [1.807, 2.05) is 12.1 Å². The van der Waals surface area contributed by atoms with Crippen LogP contribution in [0.1, 0.15) is 16.9 Å². The lowest BCUT2D eigenvalue weighted by atomic mass is 10.1. The molecular formula is C14H13BrFNOS. The molecule has 100 valence electrons. The molecule has 0 aliphatic rings. The summed E-state index contributed by atoms with van der Waals surface area (Å²) in [5, 5.41) is 2.87. The second-order valence-corrected chi connectivity index (χ2v) is 6.66. The predicted molar refractivity (Wildman–Crippen MR) is 78.6 cm³/mol. The van der Waals surface area contributed by atoms with Gasteiger partial charge in [-0.25, -0.2) is 4.39 Å². The molecule has 2 rings (SSSR count). The fraction of sp³-hybridized carbons (Fsp3) is 0.214. The number of carbonyl (C=O) groups is 1. The summed E-state index contributed by atoms with van der Waals surface area (Å²) in [6.45, 7) is 0.554. The Morgan fingerprint density at radius 2 is 1.95 bits per heavy atom. The molecule has 1 heterocycles. The summed E-state index contributed by atoms with van der Waals surface area (Å²) < 4.78 is 13.8. The Kier molecular flexibility index (Phi) is 5.10. The van der Waals surface area contributed by atoms with Crippen LogP contribution in [0, 0.1) is 5.82 Å². The van der Waals surface area contributed by atoms with E-state index in [4.69, 9.17) is 0 Å². The molecule has 0 bridgehead atoms. The van der Waals surface area contributed by atoms with Crippen LogP contribution in [0.3, 0.4) is 0 Å². The lowest BCUT2D eigenvalue weighted by molar-refractivity contribution is -0.121. The molecule has 0 saturated carbocycles. The van der Waals surface area contributed by atoms with Crippen molar-refractivity contribution < 1.29 is 9.18 Å². The maximum atomic E-state index is 12.7. The van der Waals surface area contributed by atoms with Gasteiger partial charge in [0.1, 0.15) is 5.82 Å². The highest BCUT2D eigenvalue weighted by Crippen LogP contribution is 2.21. The number of amides is 1. The van der Waals surface area contributed by atoms with E-state index in [1.165, 1.54) is 12.1 Å². The summed E-state index contributed by atoms with van der Waals surface area (Å²) in [4.78, 5) is 12.8. The summed E-state index contributed by atoms with van der Waals surface area (Å²) in [5.74, 6) is -0.245. The zero-order chi connectivity index (χ0) is 13.7. The van der Waals surface area contributed by atoms with E-state index in [2.05, 4.69) is 21.2 Å². The van der Waals surface area contributed by atoms with Crippen molar-refractivity contribution in [3.05, 3.63) is 56.4 Å². The van der Waals surface area contributed by atoms with Crippen molar-refractivity contribution in [1.29, 1.82) is 0 Å². The number of carbonyl (C=O) groups excluding carboxylic acids is 1. The lowest BCUT2D eigenvalue weighted by Crippen LogP contribution is -2.22. The Bertz CT molecular complexity index is 553. The second-order valence-electron chi connectivity index (χ2n) is 4.11. The van der Waals surface area contributed by atoms with E-state index in [1.54, 1.807) is 23.5 Å². The van der Waals surface area contributed by atoms with Gasteiger partial charge in [-0.1, -0.05) is 12.1 Å². The highest BCUT2D eigenvalue weighted by molar-refractivity contribution is 9.11. The highest BCUT2D eigenvalue weighted by atomic mass is 79.9. The van der Waals surface area contributed by atoms with Gasteiger partial charge in [0.05, 0.1) is 10.3 Å². The summed E-state index contributed by atoms with van der Waals surface area (Å²) in [7, 11) is 0. The van der Waals surface area contributed by atoms with Gasteiger partial charge < -0.3 is 5.32 Å². The fourth-order valence-corrected chi connectivity index (χ4v) is 3.05. The molecule has 0 aliphatic carbocycles. The van der Waals surface area contributed by atoms with Gasteiger partial charge in [0, 0.05) is 11.3 Å². The average Bonchev–Trinajstić information content (AvgIpc) is 2.81. The van der Waals surface area contributed by atoms with Crippen molar-refractivity contribution in [1.82, 2.24) is 5.32 Å². The van der Waals surface area contributed by atoms with E-state index in [0.29, 0.717) is 19.4 Å². The summed E-state index contributed by atoms with van der Waals surface area (Å²) in [6.07, 6.45) is 1.04. The molecular weight excluding hydrogens is 329 g/mol. The molecule has 0 saturated heterocycles. The van der Waals surface area contributed by atoms with Crippen LogP contribution < -0.4 is 5.32 Å². The third-order valence-corrected chi connectivity index (χ3v) is 4.27. The summed E-state index contributed by atoms with van der Waals surface area (Å²) in [5.41, 5.74) is 0.968. The minimum absolute atomic E-state index is 0.00819. The smallest absolute Gasteiger partial charge is 0.220 e. The van der Waals surface area contributed by atoms with E-state index >= 15 is 0 Å². The quantitative estimate of drug-likeness (QED) is 0.877. The van der Waals surface area contributed by atoms with Gasteiger partial charge in [-0.15, -0.1) is 11.3 Å². The minimum Gasteiger partial charge on any atom is -0.351 e. The van der Waals surface area contributed by atoms with Crippen LogP contribution in [-0.2, 0) is 17.8 Å². The number of benzene rings is 1. The van der Waals surface area contributed by atoms with Crippen molar-refractivity contribution in [3.8, 4) is 0 Å². The first-order chi connectivity index (χ1) is 9.13. The normalized spacial score (nSPS) is 10.4. The molecule has 1 aromatic heterocycles. The molecule has 1 aromatic carbocycles. The van der Waals surface area contributed by atoms with Crippen LogP contribution in [0.15, 0.2) is 40.2 Å². The Labute approximate surface area is 123 Å². The van der Waals surface area contributed by atoms with Crippen molar-refractivity contribution in [2.45, 2.75) is 19.4 Å². The van der Waals surface area contributed by atoms with Crippen molar-refractivity contribution >= 4 is 33.2 Å². The Hall–Kier alpha value is -1.20. The fourth-order valence-electron chi connectivity index (χ4n) is 1.63. The Balaban J connectivity index is 1.74.